The number of thiophene rings is 4. The number of benzene rings is 1. The van der Waals surface area contributed by atoms with Gasteiger partial charge in [0.15, 0.2) is 11.5 Å². The van der Waals surface area contributed by atoms with Gasteiger partial charge >= 0.3 is 5.97 Å². The molecular weight excluding hydrogens is 973 g/mol. The van der Waals surface area contributed by atoms with Gasteiger partial charge in [-0.15, -0.1) is 45.3 Å². The number of halogens is 2. The third-order valence-corrected chi connectivity index (χ3v) is 18.2. The summed E-state index contributed by atoms with van der Waals surface area (Å²) in [5.74, 6) is 1.79. The minimum atomic E-state index is -0.304. The first-order valence-corrected chi connectivity index (χ1v) is 29.3. The van der Waals surface area contributed by atoms with Gasteiger partial charge in [0.2, 0.25) is 0 Å². The molecule has 9 heteroatoms. The molecule has 0 amide bonds. The lowest BCUT2D eigenvalue weighted by Crippen LogP contribution is -2.08. The number of rotatable bonds is 33. The van der Waals surface area contributed by atoms with Crippen LogP contribution in [0.4, 0.5) is 0 Å². The second kappa shape index (κ2) is 28.6. The van der Waals surface area contributed by atoms with E-state index in [0.29, 0.717) is 28.9 Å². The summed E-state index contributed by atoms with van der Waals surface area (Å²) in [5, 5.41) is 1.87. The zero-order chi connectivity index (χ0) is 44.1. The first kappa shape index (κ1) is 51.6. The molecule has 4 heterocycles. The van der Waals surface area contributed by atoms with Gasteiger partial charge < -0.3 is 4.74 Å². The second-order valence-electron chi connectivity index (χ2n) is 17.9. The van der Waals surface area contributed by atoms with Crippen molar-refractivity contribution >= 4 is 109 Å². The minimum Gasteiger partial charge on any atom is -0.420 e. The topological polar surface area (TPSA) is 43.4 Å². The van der Waals surface area contributed by atoms with Gasteiger partial charge in [-0.1, -0.05) is 182 Å². The van der Waals surface area contributed by atoms with Crippen molar-refractivity contribution in [3.8, 4) is 5.75 Å². The van der Waals surface area contributed by atoms with Crippen molar-refractivity contribution in [2.75, 3.05) is 0 Å². The molecule has 1 aromatic carbocycles. The number of fused-ring (bicyclic) bond motifs is 2. The highest BCUT2D eigenvalue weighted by Crippen LogP contribution is 2.48. The molecule has 0 aliphatic carbocycles. The summed E-state index contributed by atoms with van der Waals surface area (Å²) in [4.78, 5) is 32.3. The molecule has 5 rings (SSSR count). The maximum absolute atomic E-state index is 14.2. The van der Waals surface area contributed by atoms with Crippen molar-refractivity contribution in [1.29, 1.82) is 0 Å². The summed E-state index contributed by atoms with van der Waals surface area (Å²) in [6, 6.07) is 12.6. The van der Waals surface area contributed by atoms with Crippen LogP contribution < -0.4 is 4.74 Å². The van der Waals surface area contributed by atoms with Gasteiger partial charge in [-0.05, 0) is 98.5 Å². The lowest BCUT2D eigenvalue weighted by Gasteiger charge is -2.16. The molecule has 4 aromatic heterocycles. The van der Waals surface area contributed by atoms with Crippen molar-refractivity contribution < 1.29 is 14.3 Å². The number of ketones is 1. The summed E-state index contributed by atoms with van der Waals surface area (Å²) in [7, 11) is 0. The van der Waals surface area contributed by atoms with E-state index in [0.717, 1.165) is 51.0 Å². The van der Waals surface area contributed by atoms with Crippen LogP contribution in [0.5, 0.6) is 5.75 Å². The van der Waals surface area contributed by atoms with E-state index < -0.39 is 0 Å². The Morgan fingerprint density at radius 1 is 0.516 bits per heavy atom. The van der Waals surface area contributed by atoms with Crippen molar-refractivity contribution in [2.24, 2.45) is 11.8 Å². The average molecular weight is 1050 g/mol. The molecule has 0 spiro atoms. The van der Waals surface area contributed by atoms with Crippen LogP contribution in [0.15, 0.2) is 44.0 Å². The van der Waals surface area contributed by atoms with Gasteiger partial charge in [0.1, 0.15) is 4.88 Å². The van der Waals surface area contributed by atoms with Crippen LogP contribution in [0.2, 0.25) is 0 Å². The summed E-state index contributed by atoms with van der Waals surface area (Å²) in [6.45, 7) is 9.13. The van der Waals surface area contributed by atoms with E-state index >= 15 is 0 Å². The zero-order valence-electron chi connectivity index (χ0n) is 38.3. The number of hydrogen-bond acceptors (Lipinski definition) is 7. The number of esters is 1. The molecule has 5 aromatic rings. The van der Waals surface area contributed by atoms with Crippen LogP contribution in [0.3, 0.4) is 0 Å². The highest BCUT2D eigenvalue weighted by atomic mass is 79.9. The van der Waals surface area contributed by atoms with Gasteiger partial charge in [-0.2, -0.15) is 0 Å². The molecule has 0 radical (unpaired) electrons. The van der Waals surface area contributed by atoms with Gasteiger partial charge in [0.25, 0.3) is 0 Å². The number of unbranched alkanes of at least 4 members (excludes halogenated alkanes) is 16. The SMILES string of the molecule is CCCCCCCCC(CCCCCC)Cc1ccc(C(=O)Cc2c3cc(Br)sc3c(OC(=O)c3ccc(CC(CCCCCC)CCCCCCCC)s3)c3cc(Br)sc23)s1. The van der Waals surface area contributed by atoms with E-state index in [9.17, 15) is 9.59 Å². The average Bonchev–Trinajstić information content (AvgIpc) is 4.09. The van der Waals surface area contributed by atoms with E-state index in [1.807, 2.05) is 6.07 Å². The minimum absolute atomic E-state index is 0.155. The summed E-state index contributed by atoms with van der Waals surface area (Å²) >= 11 is 14.0. The predicted molar refractivity (Wildman–Crippen MR) is 282 cm³/mol. The fourth-order valence-corrected chi connectivity index (χ4v) is 14.4. The van der Waals surface area contributed by atoms with Gasteiger partial charge in [-0.25, -0.2) is 4.79 Å². The summed E-state index contributed by atoms with van der Waals surface area (Å²) < 4.78 is 10.2. The van der Waals surface area contributed by atoms with E-state index in [1.54, 1.807) is 45.3 Å². The standard InChI is InChI=1S/C53H74Br2O3S4/c1-5-9-13-17-19-23-27-38(25-21-15-11-7-3)33-40-29-31-46(59-40)45(56)35-42-43-36-48(54)62-52(43)50(44-37-49(55)61-51(42)44)58-53(57)47-32-30-41(60-47)34-39(26-22-16-12-8-4)28-24-20-18-14-10-6-2/h29-32,36-39H,5-28,33-35H2,1-4H3. The Morgan fingerprint density at radius 2 is 0.935 bits per heavy atom. The molecule has 0 aliphatic heterocycles. The number of carbonyl (C=O) groups is 2. The molecule has 3 nitrogen and oxygen atoms in total. The molecule has 0 aliphatic rings. The fourth-order valence-electron chi connectivity index (χ4n) is 9.07. The highest BCUT2D eigenvalue weighted by Gasteiger charge is 2.25. The Balaban J connectivity index is 1.28. The first-order valence-electron chi connectivity index (χ1n) is 24.5. The molecule has 2 atom stereocenters. The molecule has 0 saturated heterocycles. The lowest BCUT2D eigenvalue weighted by atomic mass is 9.91. The first-order chi connectivity index (χ1) is 30.2. The quantitative estimate of drug-likeness (QED) is 0.0182. The van der Waals surface area contributed by atoms with E-state index in [1.165, 1.54) is 164 Å². The number of Topliss-reactive ketones (excluding diaryl/α,β-unsaturated/α-hetero) is 1. The normalized spacial score (nSPS) is 12.8. The highest BCUT2D eigenvalue weighted by molar-refractivity contribution is 9.11. The van der Waals surface area contributed by atoms with Gasteiger partial charge in [0, 0.05) is 31.6 Å². The molecule has 2 unspecified atom stereocenters. The van der Waals surface area contributed by atoms with Crippen LogP contribution in [-0.2, 0) is 19.3 Å². The smallest absolute Gasteiger partial charge is 0.353 e. The molecule has 0 saturated carbocycles. The molecule has 0 N–H and O–H groups in total. The van der Waals surface area contributed by atoms with Crippen molar-refractivity contribution in [3.05, 3.63) is 69.0 Å². The molecule has 0 fully saturated rings. The fraction of sp³-hybridized carbons (Fsp3) is 0.623. The maximum atomic E-state index is 14.2. The van der Waals surface area contributed by atoms with Crippen LogP contribution in [0.1, 0.15) is 216 Å². The summed E-state index contributed by atoms with van der Waals surface area (Å²) in [6.07, 6.45) is 33.9. The van der Waals surface area contributed by atoms with Gasteiger partial charge in [-0.3, -0.25) is 4.79 Å². The zero-order valence-corrected chi connectivity index (χ0v) is 44.8. The van der Waals surface area contributed by atoms with Crippen molar-refractivity contribution in [2.45, 2.75) is 201 Å². The van der Waals surface area contributed by atoms with Crippen molar-refractivity contribution in [3.63, 3.8) is 0 Å². The maximum Gasteiger partial charge on any atom is 0.353 e. The Morgan fingerprint density at radius 3 is 1.45 bits per heavy atom. The number of hydrogen-bond donors (Lipinski definition) is 0. The Labute approximate surface area is 407 Å². The second-order valence-corrected chi connectivity index (χ2v) is 25.1. The predicted octanol–water partition coefficient (Wildman–Crippen LogP) is 20.2. The monoisotopic (exact) mass is 1040 g/mol. The third-order valence-electron chi connectivity index (χ3n) is 12.6. The van der Waals surface area contributed by atoms with Crippen LogP contribution >= 0.6 is 77.2 Å². The van der Waals surface area contributed by atoms with E-state index in [4.69, 9.17) is 4.74 Å². The third kappa shape index (κ3) is 16.5. The lowest BCUT2D eigenvalue weighted by molar-refractivity contribution is 0.0744. The Hall–Kier alpha value is -1.36. The Kier molecular flexibility index (Phi) is 23.8. The number of carbonyl (C=O) groups excluding carboxylic acids is 2. The summed E-state index contributed by atoms with van der Waals surface area (Å²) in [5.41, 5.74) is 1.01. The van der Waals surface area contributed by atoms with Gasteiger partial charge in [0.05, 0.1) is 17.1 Å². The largest absolute Gasteiger partial charge is 0.420 e. The molecule has 342 valence electrons. The molecular formula is C53H74Br2O3S4. The van der Waals surface area contributed by atoms with E-state index in [2.05, 4.69) is 89.9 Å². The number of ether oxygens (including phenoxy) is 1. The van der Waals surface area contributed by atoms with Crippen molar-refractivity contribution in [1.82, 2.24) is 0 Å². The van der Waals surface area contributed by atoms with Crippen LogP contribution in [0.25, 0.3) is 20.2 Å². The van der Waals surface area contributed by atoms with Crippen LogP contribution in [-0.4, -0.2) is 11.8 Å². The molecule has 0 bridgehead atoms. The van der Waals surface area contributed by atoms with Crippen LogP contribution in [0, 0.1) is 11.8 Å². The Bertz CT molecular complexity index is 1870. The van der Waals surface area contributed by atoms with E-state index in [-0.39, 0.29) is 11.8 Å². The molecule has 62 heavy (non-hydrogen) atoms.